The van der Waals surface area contributed by atoms with Gasteiger partial charge in [0.05, 0.1) is 28.8 Å². The lowest BCUT2D eigenvalue weighted by molar-refractivity contribution is -0.195. The molecule has 18 heteroatoms. The number of carboxylic acids is 1. The van der Waals surface area contributed by atoms with Crippen molar-refractivity contribution in [3.05, 3.63) is 42.4 Å². The molecule has 18 nitrogen and oxygen atoms in total. The van der Waals surface area contributed by atoms with E-state index >= 15 is 0 Å². The summed E-state index contributed by atoms with van der Waals surface area (Å²) in [5.74, 6) is -0.162. The number of hydrogen-bond donors (Lipinski definition) is 3. The number of ether oxygens (including phenoxy) is 3. The van der Waals surface area contributed by atoms with Gasteiger partial charge in [0.2, 0.25) is 12.2 Å². The van der Waals surface area contributed by atoms with E-state index in [1.165, 1.54) is 20.7 Å². The lowest BCUT2D eigenvalue weighted by Crippen LogP contribution is -2.69. The number of nitriles is 1. The van der Waals surface area contributed by atoms with Gasteiger partial charge in [0.15, 0.2) is 11.8 Å². The molecule has 0 aliphatic carbocycles. The summed E-state index contributed by atoms with van der Waals surface area (Å²) < 4.78 is 18.0. The molecule has 5 atom stereocenters. The number of carbonyl (C=O) groups is 4. The predicted octanol–water partition coefficient (Wildman–Crippen LogP) is 1.85. The first-order valence-corrected chi connectivity index (χ1v) is 17.3. The molecule has 4 N–H and O–H groups in total. The molecule has 3 aliphatic heterocycles. The van der Waals surface area contributed by atoms with Gasteiger partial charge in [-0.3, -0.25) is 9.36 Å². The van der Waals surface area contributed by atoms with Crippen molar-refractivity contribution in [1.29, 1.82) is 5.26 Å². The quantitative estimate of drug-likeness (QED) is 0.253. The van der Waals surface area contributed by atoms with Crippen molar-refractivity contribution < 1.29 is 43.6 Å². The summed E-state index contributed by atoms with van der Waals surface area (Å²) in [7, 11) is 3.18. The topological polar surface area (TPSA) is 230 Å². The third-order valence-electron chi connectivity index (χ3n) is 10.3. The van der Waals surface area contributed by atoms with Crippen LogP contribution in [0.25, 0.3) is 11.0 Å². The summed E-state index contributed by atoms with van der Waals surface area (Å²) in [5.41, 5.74) is 7.00. The second-order valence-corrected chi connectivity index (χ2v) is 13.8. The van der Waals surface area contributed by atoms with Crippen molar-refractivity contribution in [2.24, 2.45) is 5.92 Å². The number of fused-ring (bicyclic) bond motifs is 1. The van der Waals surface area contributed by atoms with E-state index in [2.05, 4.69) is 21.8 Å². The summed E-state index contributed by atoms with van der Waals surface area (Å²) in [6.45, 7) is 4.26. The van der Waals surface area contributed by atoms with E-state index in [1.54, 1.807) is 44.6 Å². The molecule has 1 aromatic carbocycles. The van der Waals surface area contributed by atoms with Gasteiger partial charge in [0.1, 0.15) is 30.9 Å². The van der Waals surface area contributed by atoms with Gasteiger partial charge in [-0.15, -0.1) is 0 Å². The monoisotopic (exact) mass is 733 g/mol. The molecule has 3 aliphatic rings. The molecule has 5 heterocycles. The van der Waals surface area contributed by atoms with Crippen molar-refractivity contribution in [2.45, 2.75) is 63.3 Å². The maximum Gasteiger partial charge on any atom is 0.409 e. The molecular formula is C35H43N9O9. The van der Waals surface area contributed by atoms with Crippen LogP contribution in [0, 0.1) is 17.2 Å². The number of nitrogens with two attached hydrogens (primary N) is 1. The summed E-state index contributed by atoms with van der Waals surface area (Å²) in [6.07, 6.45) is 0.0261. The average Bonchev–Trinajstić information content (AvgIpc) is 3.79. The Morgan fingerprint density at radius 3 is 2.64 bits per heavy atom. The highest BCUT2D eigenvalue weighted by molar-refractivity contribution is 5.95. The number of aliphatic hydroxyl groups excluding tert-OH is 1. The number of benzene rings is 1. The fraction of sp³-hybridized carbons (Fsp3) is 0.514. The maximum atomic E-state index is 13.5. The number of nitrogens with zero attached hydrogens (tertiary/aromatic N) is 8. The Labute approximate surface area is 305 Å². The van der Waals surface area contributed by atoms with Crippen molar-refractivity contribution in [1.82, 2.24) is 29.2 Å². The lowest BCUT2D eigenvalue weighted by atomic mass is 9.74. The predicted molar refractivity (Wildman–Crippen MR) is 187 cm³/mol. The molecule has 3 aromatic rings. The number of carboxylic acid groups (broad SMARTS) is 1. The number of likely N-dealkylation sites (tertiary alicyclic amines) is 1. The highest BCUT2D eigenvalue weighted by Gasteiger charge is 2.56. The van der Waals surface area contributed by atoms with Crippen molar-refractivity contribution in [2.75, 3.05) is 57.5 Å². The van der Waals surface area contributed by atoms with Crippen LogP contribution in [0.15, 0.2) is 36.8 Å². The van der Waals surface area contributed by atoms with Crippen LogP contribution in [0.2, 0.25) is 0 Å². The number of likely N-dealkylation sites (N-methyl/N-ethyl adjacent to an activating group) is 2. The molecule has 2 aromatic heterocycles. The largest absolute Gasteiger partial charge is 0.479 e. The van der Waals surface area contributed by atoms with Crippen LogP contribution < -0.4 is 15.4 Å². The molecule has 3 amide bonds. The van der Waals surface area contributed by atoms with Gasteiger partial charge in [-0.25, -0.2) is 24.4 Å². The Morgan fingerprint density at radius 2 is 1.92 bits per heavy atom. The summed E-state index contributed by atoms with van der Waals surface area (Å²) in [6, 6.07) is 8.14. The summed E-state index contributed by atoms with van der Waals surface area (Å²) in [4.78, 5) is 65.9. The minimum absolute atomic E-state index is 0.0337. The minimum atomic E-state index is -1.19. The van der Waals surface area contributed by atoms with Crippen molar-refractivity contribution in [3.8, 4) is 11.8 Å². The van der Waals surface area contributed by atoms with Crippen LogP contribution in [0.1, 0.15) is 38.2 Å². The number of aliphatic carboxylic acids is 1. The smallest absolute Gasteiger partial charge is 0.409 e. The number of aromatic nitrogens is 3. The van der Waals surface area contributed by atoms with Crippen LogP contribution in [0.5, 0.6) is 5.75 Å². The SMILES string of the molecule is CC1CN(C(=O)CC#N)C12CCN(c1ncnc3c1ccn3C(=O)N(C)CCN(C)C(=O)OCc1ccc(OC3CC(O)CC(C(=O)O)O3)c(N)c1)C2. The maximum absolute atomic E-state index is 13.5. The Morgan fingerprint density at radius 1 is 1.15 bits per heavy atom. The highest BCUT2D eigenvalue weighted by Crippen LogP contribution is 2.45. The second-order valence-electron chi connectivity index (χ2n) is 13.8. The Bertz CT molecular complexity index is 1930. The van der Waals surface area contributed by atoms with E-state index in [9.17, 15) is 29.4 Å². The first kappa shape index (κ1) is 37.1. The molecule has 0 saturated carbocycles. The average molecular weight is 734 g/mol. The fourth-order valence-corrected chi connectivity index (χ4v) is 7.21. The number of amides is 3. The molecule has 0 radical (unpaired) electrons. The fourth-order valence-electron chi connectivity index (χ4n) is 7.21. The van der Waals surface area contributed by atoms with Crippen molar-refractivity contribution >= 4 is 46.5 Å². The number of carbonyl (C=O) groups excluding carboxylic acids is 3. The van der Waals surface area contributed by atoms with Crippen molar-refractivity contribution in [3.63, 3.8) is 0 Å². The first-order valence-electron chi connectivity index (χ1n) is 17.3. The van der Waals surface area contributed by atoms with E-state index in [4.69, 9.17) is 25.2 Å². The normalized spacial score (nSPS) is 23.7. The molecule has 1 spiro atoms. The molecule has 0 bridgehead atoms. The van der Waals surface area contributed by atoms with Crippen LogP contribution >= 0.6 is 0 Å². The zero-order valence-electron chi connectivity index (χ0n) is 29.8. The van der Waals surface area contributed by atoms with E-state index in [0.29, 0.717) is 42.0 Å². The third kappa shape index (κ3) is 7.48. The van der Waals surface area contributed by atoms with Gasteiger partial charge in [0, 0.05) is 65.9 Å². The van der Waals surface area contributed by atoms with Gasteiger partial charge in [-0.1, -0.05) is 13.0 Å². The lowest BCUT2D eigenvalue weighted by Gasteiger charge is -2.55. The van der Waals surface area contributed by atoms with Crippen LogP contribution in [0.4, 0.5) is 21.1 Å². The van der Waals surface area contributed by atoms with Crippen LogP contribution in [-0.4, -0.2) is 134 Å². The van der Waals surface area contributed by atoms with Crippen LogP contribution in [-0.2, 0) is 25.7 Å². The molecule has 3 saturated heterocycles. The van der Waals surface area contributed by atoms with Gasteiger partial charge in [-0.05, 0) is 36.1 Å². The number of hydrogen-bond acceptors (Lipinski definition) is 13. The van der Waals surface area contributed by atoms with Gasteiger partial charge < -0.3 is 49.8 Å². The van der Waals surface area contributed by atoms with E-state index in [-0.39, 0.29) is 73.8 Å². The molecular weight excluding hydrogens is 690 g/mol. The Hall–Kier alpha value is -5.67. The highest BCUT2D eigenvalue weighted by atomic mass is 16.7. The summed E-state index contributed by atoms with van der Waals surface area (Å²) in [5, 5.41) is 29.0. The third-order valence-corrected chi connectivity index (χ3v) is 10.3. The number of anilines is 2. The minimum Gasteiger partial charge on any atom is -0.479 e. The first-order chi connectivity index (χ1) is 25.3. The molecule has 53 heavy (non-hydrogen) atoms. The number of nitrogen functional groups attached to an aromatic ring is 1. The summed E-state index contributed by atoms with van der Waals surface area (Å²) >= 11 is 0. The Kier molecular flexibility index (Phi) is 10.6. The molecule has 282 valence electrons. The van der Waals surface area contributed by atoms with E-state index in [1.807, 2.05) is 11.0 Å². The number of aliphatic hydroxyl groups is 1. The molecule has 3 fully saturated rings. The molecule has 6 rings (SSSR count). The Balaban J connectivity index is 1.00. The van der Waals surface area contributed by atoms with Gasteiger partial charge >= 0.3 is 18.1 Å². The zero-order chi connectivity index (χ0) is 38.0. The second kappa shape index (κ2) is 15.1. The van der Waals surface area contributed by atoms with Gasteiger partial charge in [0.25, 0.3) is 0 Å². The molecule has 5 unspecified atom stereocenters. The van der Waals surface area contributed by atoms with E-state index in [0.717, 1.165) is 6.42 Å². The van der Waals surface area contributed by atoms with E-state index < -0.39 is 30.6 Å². The van der Waals surface area contributed by atoms with Crippen LogP contribution in [0.3, 0.4) is 0 Å². The standard InChI is InChI=1S/C35H43N9O9/c1-21-17-44(28(46)6-9-36)35(21)8-11-42(19-35)30-24-7-10-43(31(24)39-20-38-30)33(49)40(2)12-13-41(3)34(50)51-18-22-4-5-26(25(37)14-22)52-29-16-23(45)15-27(53-29)32(47)48/h4-5,7,10,14,20-21,23,27,29,45H,6,8,11-13,15-19,37H2,1-3H3,(H,47,48). The zero-order valence-corrected chi connectivity index (χ0v) is 29.8. The number of rotatable bonds is 10. The van der Waals surface area contributed by atoms with Gasteiger partial charge in [-0.2, -0.15) is 5.26 Å².